The molecule has 1 heterocycles. The van der Waals surface area contributed by atoms with Crippen molar-refractivity contribution < 1.29 is 28.5 Å². The summed E-state index contributed by atoms with van der Waals surface area (Å²) in [5.41, 5.74) is 0. The van der Waals surface area contributed by atoms with E-state index in [1.165, 1.54) is 38.5 Å². The third-order valence-electron chi connectivity index (χ3n) is 2.75. The third kappa shape index (κ3) is 5.54. The van der Waals surface area contributed by atoms with Crippen LogP contribution in [0.4, 0.5) is 0 Å². The van der Waals surface area contributed by atoms with Gasteiger partial charge in [-0.2, -0.15) is 0 Å². The second kappa shape index (κ2) is 9.19. The van der Waals surface area contributed by atoms with Gasteiger partial charge in [0.1, 0.15) is 18.4 Å². The molecule has 0 saturated heterocycles. The van der Waals surface area contributed by atoms with Crippen LogP contribution in [-0.2, 0) is 0 Å². The molecule has 0 radical (unpaired) electrons. The third-order valence-corrected chi connectivity index (χ3v) is 2.75. The number of nitrogens with one attached hydrogen (secondary N) is 1. The van der Waals surface area contributed by atoms with Gasteiger partial charge in [0.05, 0.1) is 0 Å². The maximum Gasteiger partial charge on any atom is 0.241 e. The molecule has 0 aromatic carbocycles. The first-order chi connectivity index (χ1) is 6.88. The highest BCUT2D eigenvalue weighted by Gasteiger charge is 2.13. The molecule has 1 unspecified atom stereocenters. The average molecular weight is 322 g/mol. The molecule has 1 rings (SSSR count). The van der Waals surface area contributed by atoms with Gasteiger partial charge in [0.25, 0.3) is 0 Å². The standard InChI is InChI=1S/C12H22N2.HI/c1-3-5-6-8-12(7-4-2)14-10-9-13-11-14;/h9-12H,3-8H2,1-2H3;1H. The van der Waals surface area contributed by atoms with Crippen molar-refractivity contribution >= 4 is 0 Å². The van der Waals surface area contributed by atoms with E-state index in [1.807, 2.05) is 6.20 Å². The van der Waals surface area contributed by atoms with Crippen LogP contribution < -0.4 is 28.5 Å². The zero-order chi connectivity index (χ0) is 10.2. The number of imidazole rings is 1. The van der Waals surface area contributed by atoms with E-state index in [4.69, 9.17) is 0 Å². The molecule has 1 aromatic heterocycles. The Morgan fingerprint density at radius 3 is 2.47 bits per heavy atom. The highest BCUT2D eigenvalue weighted by atomic mass is 127. The first kappa shape index (κ1) is 14.9. The number of H-pyrrole nitrogens is 1. The minimum Gasteiger partial charge on any atom is -1.00 e. The summed E-state index contributed by atoms with van der Waals surface area (Å²) in [5.74, 6) is 0. The average Bonchev–Trinajstić information content (AvgIpc) is 2.70. The number of hydrogen-bond donors (Lipinski definition) is 1. The monoisotopic (exact) mass is 322 g/mol. The fourth-order valence-electron chi connectivity index (χ4n) is 1.93. The fraction of sp³-hybridized carbons (Fsp3) is 0.750. The smallest absolute Gasteiger partial charge is 0.241 e. The number of unbranched alkanes of at least 4 members (excludes halogenated alkanes) is 2. The Bertz CT molecular complexity index is 222. The Balaban J connectivity index is 0.00000196. The van der Waals surface area contributed by atoms with Crippen LogP contribution in [-0.4, -0.2) is 4.98 Å². The molecule has 1 aromatic rings. The fourth-order valence-corrected chi connectivity index (χ4v) is 1.93. The Morgan fingerprint density at radius 2 is 1.93 bits per heavy atom. The first-order valence-electron chi connectivity index (χ1n) is 5.92. The maximum absolute atomic E-state index is 3.12. The van der Waals surface area contributed by atoms with Crippen LogP contribution in [0.15, 0.2) is 18.7 Å². The molecule has 0 aliphatic heterocycles. The molecule has 0 fully saturated rings. The van der Waals surface area contributed by atoms with E-state index < -0.39 is 0 Å². The van der Waals surface area contributed by atoms with Crippen LogP contribution >= 0.6 is 0 Å². The Labute approximate surface area is 110 Å². The van der Waals surface area contributed by atoms with Crippen LogP contribution in [0.5, 0.6) is 0 Å². The van der Waals surface area contributed by atoms with E-state index in [0.29, 0.717) is 6.04 Å². The molecule has 0 aliphatic carbocycles. The molecule has 1 N–H and O–H groups in total. The van der Waals surface area contributed by atoms with Gasteiger partial charge in [0, 0.05) is 0 Å². The Kier molecular flexibility index (Phi) is 9.15. The number of halogens is 1. The summed E-state index contributed by atoms with van der Waals surface area (Å²) in [6, 6.07) is 0.706. The van der Waals surface area contributed by atoms with Crippen LogP contribution in [0.2, 0.25) is 0 Å². The number of hydrogen-bond acceptors (Lipinski definition) is 0. The summed E-state index contributed by atoms with van der Waals surface area (Å²) in [7, 11) is 0. The summed E-state index contributed by atoms with van der Waals surface area (Å²) in [4.78, 5) is 3.12. The lowest BCUT2D eigenvalue weighted by Gasteiger charge is -2.12. The molecule has 15 heavy (non-hydrogen) atoms. The summed E-state index contributed by atoms with van der Waals surface area (Å²) in [6.45, 7) is 4.53. The van der Waals surface area contributed by atoms with E-state index in [2.05, 4.69) is 35.9 Å². The number of rotatable bonds is 7. The lowest BCUT2D eigenvalue weighted by Crippen LogP contribution is -3.00. The highest BCUT2D eigenvalue weighted by molar-refractivity contribution is 4.60. The molecule has 0 bridgehead atoms. The highest BCUT2D eigenvalue weighted by Crippen LogP contribution is 2.15. The van der Waals surface area contributed by atoms with Crippen molar-refractivity contribution in [3.63, 3.8) is 0 Å². The van der Waals surface area contributed by atoms with Gasteiger partial charge in [-0.1, -0.05) is 33.1 Å². The lowest BCUT2D eigenvalue weighted by atomic mass is 10.0. The minimum absolute atomic E-state index is 0. The van der Waals surface area contributed by atoms with E-state index in [-0.39, 0.29) is 24.0 Å². The van der Waals surface area contributed by atoms with Crippen LogP contribution in [0.3, 0.4) is 0 Å². The second-order valence-electron chi connectivity index (χ2n) is 4.00. The summed E-state index contributed by atoms with van der Waals surface area (Å²) < 4.78 is 2.32. The van der Waals surface area contributed by atoms with Crippen molar-refractivity contribution in [1.82, 2.24) is 4.98 Å². The molecule has 1 atom stereocenters. The Morgan fingerprint density at radius 1 is 1.13 bits per heavy atom. The predicted molar refractivity (Wildman–Crippen MR) is 59.1 cm³/mol. The van der Waals surface area contributed by atoms with Crippen LogP contribution in [0.1, 0.15) is 58.4 Å². The summed E-state index contributed by atoms with van der Waals surface area (Å²) in [5, 5.41) is 0. The number of aromatic amines is 1. The molecule has 88 valence electrons. The normalized spacial score (nSPS) is 12.1. The number of nitrogens with zero attached hydrogens (tertiary/aromatic N) is 1. The Hall–Kier alpha value is -0.0600. The van der Waals surface area contributed by atoms with Gasteiger partial charge in [-0.15, -0.1) is 0 Å². The summed E-state index contributed by atoms with van der Waals surface area (Å²) >= 11 is 0. The second-order valence-corrected chi connectivity index (χ2v) is 4.00. The molecular formula is C12H23IN2. The van der Waals surface area contributed by atoms with Gasteiger partial charge in [-0.3, -0.25) is 4.98 Å². The minimum atomic E-state index is 0. The van der Waals surface area contributed by atoms with Gasteiger partial charge in [-0.05, 0) is 19.3 Å². The molecule has 0 saturated carbocycles. The van der Waals surface area contributed by atoms with Crippen LogP contribution in [0, 0.1) is 0 Å². The molecule has 0 spiro atoms. The maximum atomic E-state index is 3.12. The van der Waals surface area contributed by atoms with Gasteiger partial charge in [0.2, 0.25) is 6.33 Å². The lowest BCUT2D eigenvalue weighted by molar-refractivity contribution is -0.723. The van der Waals surface area contributed by atoms with Gasteiger partial charge in [-0.25, -0.2) is 4.57 Å². The van der Waals surface area contributed by atoms with Crippen molar-refractivity contribution in [2.24, 2.45) is 0 Å². The molecule has 0 aliphatic rings. The van der Waals surface area contributed by atoms with Crippen molar-refractivity contribution in [3.8, 4) is 0 Å². The van der Waals surface area contributed by atoms with Crippen molar-refractivity contribution in [3.05, 3.63) is 18.7 Å². The van der Waals surface area contributed by atoms with Crippen LogP contribution in [0.25, 0.3) is 0 Å². The van der Waals surface area contributed by atoms with Crippen molar-refractivity contribution in [1.29, 1.82) is 0 Å². The molecular weight excluding hydrogens is 299 g/mol. The van der Waals surface area contributed by atoms with E-state index in [0.717, 1.165) is 0 Å². The van der Waals surface area contributed by atoms with Gasteiger partial charge < -0.3 is 24.0 Å². The van der Waals surface area contributed by atoms with Gasteiger partial charge in [0.15, 0.2) is 0 Å². The van der Waals surface area contributed by atoms with E-state index in [9.17, 15) is 0 Å². The SMILES string of the molecule is CCCCCC(CCC)[n+]1cc[nH]c1.[I-]. The topological polar surface area (TPSA) is 19.7 Å². The first-order valence-corrected chi connectivity index (χ1v) is 5.92. The summed E-state index contributed by atoms with van der Waals surface area (Å²) in [6.07, 6.45) is 14.2. The largest absolute Gasteiger partial charge is 1.00 e. The molecule has 0 amide bonds. The van der Waals surface area contributed by atoms with E-state index in [1.54, 1.807) is 0 Å². The number of aromatic nitrogens is 2. The van der Waals surface area contributed by atoms with Crippen molar-refractivity contribution in [2.75, 3.05) is 0 Å². The van der Waals surface area contributed by atoms with Crippen molar-refractivity contribution in [2.45, 2.75) is 58.4 Å². The molecule has 2 nitrogen and oxygen atoms in total. The predicted octanol–water partition coefficient (Wildman–Crippen LogP) is 0.228. The van der Waals surface area contributed by atoms with Gasteiger partial charge >= 0.3 is 0 Å². The quantitative estimate of drug-likeness (QED) is 0.421. The van der Waals surface area contributed by atoms with E-state index >= 15 is 0 Å². The molecule has 3 heteroatoms. The zero-order valence-electron chi connectivity index (χ0n) is 9.88. The zero-order valence-corrected chi connectivity index (χ0v) is 12.0.